The lowest BCUT2D eigenvalue weighted by molar-refractivity contribution is 0.0345. The van der Waals surface area contributed by atoms with Crippen molar-refractivity contribution in [3.8, 4) is 5.69 Å². The van der Waals surface area contributed by atoms with Crippen LogP contribution in [0.3, 0.4) is 0 Å². The Labute approximate surface area is 165 Å². The molecule has 0 saturated carbocycles. The Bertz CT molecular complexity index is 919. The molecule has 0 spiro atoms. The number of benzene rings is 2. The Morgan fingerprint density at radius 1 is 1.15 bits per heavy atom. The molecule has 1 aliphatic rings. The summed E-state index contributed by atoms with van der Waals surface area (Å²) in [6.45, 7) is 1.25. The molecule has 2 aromatic carbocycles. The first-order chi connectivity index (χ1) is 13.2. The van der Waals surface area contributed by atoms with Gasteiger partial charge in [0.1, 0.15) is 12.7 Å². The quantitative estimate of drug-likeness (QED) is 0.693. The third kappa shape index (κ3) is 3.79. The molecule has 1 amide bonds. The normalized spacial score (nSPS) is 16.0. The minimum Gasteiger partial charge on any atom is -0.381 e. The maximum absolute atomic E-state index is 13.0. The third-order valence-corrected chi connectivity index (χ3v) is 5.38. The van der Waals surface area contributed by atoms with E-state index in [1.54, 1.807) is 23.1 Å². The van der Waals surface area contributed by atoms with Crippen molar-refractivity contribution < 1.29 is 9.53 Å². The number of ether oxygens (including phenoxy) is 1. The molecule has 0 bridgehead atoms. The number of nitrogens with one attached hydrogen (secondary N) is 1. The van der Waals surface area contributed by atoms with Gasteiger partial charge in [-0.15, -0.1) is 0 Å². The summed E-state index contributed by atoms with van der Waals surface area (Å²) in [5.74, 6) is -0.0954. The topological polar surface area (TPSA) is 69.0 Å². The van der Waals surface area contributed by atoms with Crippen molar-refractivity contribution in [2.45, 2.75) is 18.4 Å². The summed E-state index contributed by atoms with van der Waals surface area (Å²) in [5, 5.41) is 7.37. The molecular weight excluding hydrogens is 408 g/mol. The molecule has 27 heavy (non-hydrogen) atoms. The van der Waals surface area contributed by atoms with Crippen molar-refractivity contribution in [2.24, 2.45) is 0 Å². The fourth-order valence-electron chi connectivity index (χ4n) is 3.39. The highest BCUT2D eigenvalue weighted by Crippen LogP contribution is 2.34. The minimum atomic E-state index is -0.427. The maximum Gasteiger partial charge on any atom is 0.251 e. The molecule has 2 heterocycles. The van der Waals surface area contributed by atoms with Crippen LogP contribution in [-0.4, -0.2) is 33.9 Å². The SMILES string of the molecule is O=C(NC1(c2cccc(Br)c2)CCOCC1)c1ccc(-n2cncn2)cc1. The number of hydrogen-bond donors (Lipinski definition) is 1. The molecule has 0 unspecified atom stereocenters. The Kier molecular flexibility index (Phi) is 5.05. The van der Waals surface area contributed by atoms with Crippen LogP contribution >= 0.6 is 15.9 Å². The molecular formula is C20H19BrN4O2. The zero-order valence-electron chi connectivity index (χ0n) is 14.6. The molecule has 3 aromatic rings. The van der Waals surface area contributed by atoms with Gasteiger partial charge < -0.3 is 10.1 Å². The van der Waals surface area contributed by atoms with Gasteiger partial charge in [0.15, 0.2) is 0 Å². The second kappa shape index (κ2) is 7.62. The molecule has 1 fully saturated rings. The fourth-order valence-corrected chi connectivity index (χ4v) is 3.79. The van der Waals surface area contributed by atoms with E-state index in [4.69, 9.17) is 4.74 Å². The molecule has 1 N–H and O–H groups in total. The highest BCUT2D eigenvalue weighted by molar-refractivity contribution is 9.10. The Morgan fingerprint density at radius 3 is 2.59 bits per heavy atom. The van der Waals surface area contributed by atoms with Crippen molar-refractivity contribution in [1.82, 2.24) is 20.1 Å². The lowest BCUT2D eigenvalue weighted by Gasteiger charge is -2.38. The van der Waals surface area contributed by atoms with Gasteiger partial charge in [0, 0.05) is 23.2 Å². The Hall–Kier alpha value is -2.51. The van der Waals surface area contributed by atoms with Crippen molar-refractivity contribution in [2.75, 3.05) is 13.2 Å². The van der Waals surface area contributed by atoms with Crippen LogP contribution in [0.15, 0.2) is 65.7 Å². The Balaban J connectivity index is 1.58. The third-order valence-electron chi connectivity index (χ3n) is 4.89. The summed E-state index contributed by atoms with van der Waals surface area (Å²) < 4.78 is 8.20. The van der Waals surface area contributed by atoms with Gasteiger partial charge in [-0.3, -0.25) is 4.79 Å². The highest BCUT2D eigenvalue weighted by atomic mass is 79.9. The van der Waals surface area contributed by atoms with Gasteiger partial charge in [-0.2, -0.15) is 5.10 Å². The van der Waals surface area contributed by atoms with E-state index in [1.807, 2.05) is 24.3 Å². The molecule has 0 atom stereocenters. The average Bonchev–Trinajstić information content (AvgIpc) is 3.24. The summed E-state index contributed by atoms with van der Waals surface area (Å²) in [6.07, 6.45) is 4.59. The first-order valence-electron chi connectivity index (χ1n) is 8.78. The molecule has 4 rings (SSSR count). The van der Waals surface area contributed by atoms with Gasteiger partial charge in [-0.25, -0.2) is 9.67 Å². The first kappa shape index (κ1) is 17.9. The van der Waals surface area contributed by atoms with Crippen LogP contribution < -0.4 is 5.32 Å². The number of aromatic nitrogens is 3. The zero-order chi connectivity index (χ0) is 18.7. The molecule has 6 nitrogen and oxygen atoms in total. The number of nitrogens with zero attached hydrogens (tertiary/aromatic N) is 3. The van der Waals surface area contributed by atoms with Crippen LogP contribution in [0.5, 0.6) is 0 Å². The van der Waals surface area contributed by atoms with Gasteiger partial charge in [-0.1, -0.05) is 28.1 Å². The number of halogens is 1. The highest BCUT2D eigenvalue weighted by Gasteiger charge is 2.36. The molecule has 7 heteroatoms. The van der Waals surface area contributed by atoms with E-state index in [-0.39, 0.29) is 5.91 Å². The fraction of sp³-hybridized carbons (Fsp3) is 0.250. The maximum atomic E-state index is 13.0. The summed E-state index contributed by atoms with van der Waals surface area (Å²) in [4.78, 5) is 16.9. The molecule has 0 aliphatic carbocycles. The van der Waals surface area contributed by atoms with E-state index < -0.39 is 5.54 Å². The van der Waals surface area contributed by atoms with Crippen LogP contribution in [0, 0.1) is 0 Å². The second-order valence-electron chi connectivity index (χ2n) is 6.55. The largest absolute Gasteiger partial charge is 0.381 e. The van der Waals surface area contributed by atoms with Gasteiger partial charge >= 0.3 is 0 Å². The van der Waals surface area contributed by atoms with Gasteiger partial charge in [0.25, 0.3) is 5.91 Å². The lowest BCUT2D eigenvalue weighted by atomic mass is 9.82. The van der Waals surface area contributed by atoms with E-state index in [1.165, 1.54) is 6.33 Å². The van der Waals surface area contributed by atoms with Crippen molar-refractivity contribution >= 4 is 21.8 Å². The van der Waals surface area contributed by atoms with Gasteiger partial charge in [0.05, 0.1) is 11.2 Å². The molecule has 138 valence electrons. The van der Waals surface area contributed by atoms with E-state index >= 15 is 0 Å². The zero-order valence-corrected chi connectivity index (χ0v) is 16.2. The average molecular weight is 427 g/mol. The van der Waals surface area contributed by atoms with Crippen LogP contribution in [0.2, 0.25) is 0 Å². The first-order valence-corrected chi connectivity index (χ1v) is 9.57. The van der Waals surface area contributed by atoms with Crippen LogP contribution in [0.1, 0.15) is 28.8 Å². The van der Waals surface area contributed by atoms with Crippen molar-refractivity contribution in [3.63, 3.8) is 0 Å². The van der Waals surface area contributed by atoms with Crippen LogP contribution in [0.25, 0.3) is 5.69 Å². The van der Waals surface area contributed by atoms with E-state index in [2.05, 4.69) is 43.5 Å². The molecule has 1 aliphatic heterocycles. The number of carbonyl (C=O) groups excluding carboxylic acids is 1. The van der Waals surface area contributed by atoms with Gasteiger partial charge in [0.2, 0.25) is 0 Å². The summed E-state index contributed by atoms with van der Waals surface area (Å²) in [7, 11) is 0. The predicted molar refractivity (Wildman–Crippen MR) is 105 cm³/mol. The van der Waals surface area contributed by atoms with Crippen LogP contribution in [-0.2, 0) is 10.3 Å². The van der Waals surface area contributed by atoms with E-state index in [9.17, 15) is 4.79 Å². The van der Waals surface area contributed by atoms with E-state index in [0.29, 0.717) is 18.8 Å². The number of rotatable bonds is 4. The standard InChI is InChI=1S/C20H19BrN4O2/c21-17-3-1-2-16(12-17)20(8-10-27-11-9-20)24-19(26)15-4-6-18(7-5-15)25-14-22-13-23-25/h1-7,12-14H,8-11H2,(H,24,26). The van der Waals surface area contributed by atoms with Crippen LogP contribution in [0.4, 0.5) is 0 Å². The molecule has 1 saturated heterocycles. The van der Waals surface area contributed by atoms with E-state index in [0.717, 1.165) is 28.6 Å². The van der Waals surface area contributed by atoms with Crippen molar-refractivity contribution in [1.29, 1.82) is 0 Å². The predicted octanol–water partition coefficient (Wildman–Crippen LogP) is 3.47. The summed E-state index contributed by atoms with van der Waals surface area (Å²) in [6, 6.07) is 15.4. The number of carbonyl (C=O) groups is 1. The monoisotopic (exact) mass is 426 g/mol. The number of amides is 1. The smallest absolute Gasteiger partial charge is 0.251 e. The summed E-state index contributed by atoms with van der Waals surface area (Å²) >= 11 is 3.53. The molecule has 1 aromatic heterocycles. The summed E-state index contributed by atoms with van der Waals surface area (Å²) in [5.41, 5.74) is 2.13. The minimum absolute atomic E-state index is 0.0954. The second-order valence-corrected chi connectivity index (χ2v) is 7.46. The lowest BCUT2D eigenvalue weighted by Crippen LogP contribution is -2.49. The Morgan fingerprint density at radius 2 is 1.93 bits per heavy atom. The van der Waals surface area contributed by atoms with Gasteiger partial charge in [-0.05, 0) is 54.8 Å². The molecule has 0 radical (unpaired) electrons. The van der Waals surface area contributed by atoms with Crippen molar-refractivity contribution in [3.05, 3.63) is 76.8 Å². The number of hydrogen-bond acceptors (Lipinski definition) is 4.